The van der Waals surface area contributed by atoms with Gasteiger partial charge in [0.05, 0.1) is 12.1 Å². The van der Waals surface area contributed by atoms with E-state index in [1.54, 1.807) is 4.68 Å². The van der Waals surface area contributed by atoms with Crippen molar-refractivity contribution in [1.29, 1.82) is 0 Å². The molecule has 0 bridgehead atoms. The van der Waals surface area contributed by atoms with Crippen LogP contribution in [-0.4, -0.2) is 27.8 Å². The fourth-order valence-corrected chi connectivity index (χ4v) is 1.61. The van der Waals surface area contributed by atoms with Gasteiger partial charge in [-0.25, -0.2) is 0 Å². The number of carbonyl (C=O) groups is 1. The van der Waals surface area contributed by atoms with E-state index in [1.165, 1.54) is 0 Å². The van der Waals surface area contributed by atoms with Crippen LogP contribution in [0, 0.1) is 0 Å². The second-order valence-electron chi connectivity index (χ2n) is 4.10. The van der Waals surface area contributed by atoms with E-state index in [2.05, 4.69) is 5.10 Å². The Balaban J connectivity index is 2.69. The lowest BCUT2D eigenvalue weighted by atomic mass is 9.94. The monoisotopic (exact) mass is 224 g/mol. The van der Waals surface area contributed by atoms with E-state index < -0.39 is 5.60 Å². The molecule has 0 aliphatic rings. The maximum Gasteiger partial charge on any atom is 0.170 e. The molecule has 0 aromatic carbocycles. The second-order valence-corrected chi connectivity index (χ2v) is 4.10. The van der Waals surface area contributed by atoms with Crippen LogP contribution in [0.3, 0.4) is 0 Å². The molecule has 0 radical (unpaired) electrons. The summed E-state index contributed by atoms with van der Waals surface area (Å²) in [5.41, 5.74) is 0.124. The van der Waals surface area contributed by atoms with Gasteiger partial charge in [-0.15, -0.1) is 0 Å². The molecule has 1 rings (SSSR count). The minimum absolute atomic E-state index is 0.0931. The van der Waals surface area contributed by atoms with Gasteiger partial charge in [0.25, 0.3) is 0 Å². The molecular weight excluding hydrogens is 204 g/mol. The average molecular weight is 224 g/mol. The molecule has 0 aliphatic heterocycles. The normalized spacial score (nSPS) is 14.8. The number of Topliss-reactive ketones (excluding diaryl/α,β-unsaturated/α-hetero) is 1. The zero-order valence-corrected chi connectivity index (χ0v) is 10.5. The van der Waals surface area contributed by atoms with Crippen molar-refractivity contribution in [3.8, 4) is 0 Å². The Morgan fingerprint density at radius 3 is 2.69 bits per heavy atom. The van der Waals surface area contributed by atoms with Crippen molar-refractivity contribution in [2.45, 2.75) is 39.2 Å². The molecule has 1 atom stereocenters. The summed E-state index contributed by atoms with van der Waals surface area (Å²) in [5, 5.41) is 4.20. The maximum absolute atomic E-state index is 12.1. The number of ether oxygens (including phenoxy) is 1. The van der Waals surface area contributed by atoms with E-state index in [9.17, 15) is 4.79 Å². The van der Waals surface area contributed by atoms with Crippen LogP contribution in [-0.2, 0) is 23.0 Å². The number of hydrogen-bond acceptors (Lipinski definition) is 3. The Morgan fingerprint density at radius 1 is 1.56 bits per heavy atom. The number of aryl methyl sites for hydroxylation is 1. The molecule has 1 heterocycles. The van der Waals surface area contributed by atoms with E-state index in [0.717, 1.165) is 5.69 Å². The number of ketones is 1. The molecule has 0 N–H and O–H groups in total. The Hall–Kier alpha value is -1.16. The third-order valence-electron chi connectivity index (χ3n) is 2.84. The van der Waals surface area contributed by atoms with E-state index >= 15 is 0 Å². The van der Waals surface area contributed by atoms with E-state index in [-0.39, 0.29) is 5.78 Å². The van der Waals surface area contributed by atoms with Gasteiger partial charge in [0.2, 0.25) is 0 Å². The minimum atomic E-state index is -0.674. The molecule has 90 valence electrons. The van der Waals surface area contributed by atoms with Crippen molar-refractivity contribution in [2.24, 2.45) is 7.05 Å². The van der Waals surface area contributed by atoms with Crippen LogP contribution in [0.5, 0.6) is 0 Å². The SMILES string of the molecule is CCOC(C)(CC)C(=O)Cc1ccn(C)n1. The Bertz CT molecular complexity index is 360. The summed E-state index contributed by atoms with van der Waals surface area (Å²) < 4.78 is 7.24. The summed E-state index contributed by atoms with van der Waals surface area (Å²) >= 11 is 0. The summed E-state index contributed by atoms with van der Waals surface area (Å²) in [7, 11) is 1.84. The summed E-state index contributed by atoms with van der Waals surface area (Å²) in [6.45, 7) is 6.27. The molecule has 0 aliphatic carbocycles. The number of nitrogens with zero attached hydrogens (tertiary/aromatic N) is 2. The number of aromatic nitrogens is 2. The highest BCUT2D eigenvalue weighted by Crippen LogP contribution is 2.18. The summed E-state index contributed by atoms with van der Waals surface area (Å²) in [6.07, 6.45) is 2.87. The van der Waals surface area contributed by atoms with Crippen molar-refractivity contribution in [1.82, 2.24) is 9.78 Å². The van der Waals surface area contributed by atoms with Crippen LogP contribution in [0.2, 0.25) is 0 Å². The molecule has 4 nitrogen and oxygen atoms in total. The van der Waals surface area contributed by atoms with Crippen molar-refractivity contribution in [3.63, 3.8) is 0 Å². The summed E-state index contributed by atoms with van der Waals surface area (Å²) in [6, 6.07) is 1.86. The van der Waals surface area contributed by atoms with Crippen molar-refractivity contribution in [3.05, 3.63) is 18.0 Å². The van der Waals surface area contributed by atoms with Crippen molar-refractivity contribution in [2.75, 3.05) is 6.61 Å². The first kappa shape index (κ1) is 12.9. The lowest BCUT2D eigenvalue weighted by Crippen LogP contribution is -2.39. The van der Waals surface area contributed by atoms with E-state index in [1.807, 2.05) is 40.1 Å². The van der Waals surface area contributed by atoms with E-state index in [0.29, 0.717) is 19.4 Å². The van der Waals surface area contributed by atoms with Gasteiger partial charge >= 0.3 is 0 Å². The highest BCUT2D eigenvalue weighted by Gasteiger charge is 2.31. The predicted octanol–water partition coefficient (Wildman–Crippen LogP) is 1.74. The summed E-state index contributed by atoms with van der Waals surface area (Å²) in [5.74, 6) is 0.0931. The van der Waals surface area contributed by atoms with Crippen LogP contribution < -0.4 is 0 Å². The molecule has 0 saturated carbocycles. The maximum atomic E-state index is 12.1. The molecule has 4 heteroatoms. The van der Waals surface area contributed by atoms with Gasteiger partial charge in [-0.05, 0) is 26.3 Å². The Morgan fingerprint density at radius 2 is 2.25 bits per heavy atom. The van der Waals surface area contributed by atoms with Gasteiger partial charge in [-0.2, -0.15) is 5.10 Å². The molecule has 16 heavy (non-hydrogen) atoms. The number of hydrogen-bond donors (Lipinski definition) is 0. The molecule has 0 saturated heterocycles. The molecule has 1 unspecified atom stereocenters. The van der Waals surface area contributed by atoms with Gasteiger partial charge < -0.3 is 4.74 Å². The first-order valence-corrected chi connectivity index (χ1v) is 5.67. The first-order valence-electron chi connectivity index (χ1n) is 5.67. The fraction of sp³-hybridized carbons (Fsp3) is 0.667. The van der Waals surface area contributed by atoms with Crippen LogP contribution in [0.15, 0.2) is 12.3 Å². The predicted molar refractivity (Wildman–Crippen MR) is 62.2 cm³/mol. The van der Waals surface area contributed by atoms with Crippen LogP contribution in [0.1, 0.15) is 32.9 Å². The average Bonchev–Trinajstić information content (AvgIpc) is 2.64. The Kier molecular flexibility index (Phi) is 4.24. The van der Waals surface area contributed by atoms with Crippen LogP contribution in [0.4, 0.5) is 0 Å². The molecule has 0 fully saturated rings. The zero-order valence-electron chi connectivity index (χ0n) is 10.5. The van der Waals surface area contributed by atoms with Crippen molar-refractivity contribution >= 4 is 5.78 Å². The Labute approximate surface area is 96.6 Å². The van der Waals surface area contributed by atoms with Gasteiger partial charge in [0.15, 0.2) is 5.78 Å². The van der Waals surface area contributed by atoms with Gasteiger partial charge in [0.1, 0.15) is 5.60 Å². The topological polar surface area (TPSA) is 44.1 Å². The summed E-state index contributed by atoms with van der Waals surface area (Å²) in [4.78, 5) is 12.1. The highest BCUT2D eigenvalue weighted by molar-refractivity contribution is 5.88. The standard InChI is InChI=1S/C12H20N2O2/c1-5-12(3,16-6-2)11(15)9-10-7-8-14(4)13-10/h7-8H,5-6,9H2,1-4H3. The van der Waals surface area contributed by atoms with E-state index in [4.69, 9.17) is 4.74 Å². The first-order chi connectivity index (χ1) is 7.51. The van der Waals surface area contributed by atoms with Gasteiger partial charge in [-0.3, -0.25) is 9.48 Å². The van der Waals surface area contributed by atoms with Crippen LogP contribution in [0.25, 0.3) is 0 Å². The number of rotatable bonds is 6. The molecular formula is C12H20N2O2. The second kappa shape index (κ2) is 5.25. The third-order valence-corrected chi connectivity index (χ3v) is 2.84. The largest absolute Gasteiger partial charge is 0.368 e. The molecule has 0 spiro atoms. The third kappa shape index (κ3) is 2.92. The molecule has 1 aromatic heterocycles. The molecule has 0 amide bonds. The lowest BCUT2D eigenvalue weighted by Gasteiger charge is -2.26. The smallest absolute Gasteiger partial charge is 0.170 e. The lowest BCUT2D eigenvalue weighted by molar-refractivity contribution is -0.141. The van der Waals surface area contributed by atoms with Gasteiger partial charge in [-0.1, -0.05) is 6.92 Å². The fourth-order valence-electron chi connectivity index (χ4n) is 1.61. The van der Waals surface area contributed by atoms with Crippen molar-refractivity contribution < 1.29 is 9.53 Å². The van der Waals surface area contributed by atoms with Gasteiger partial charge in [0, 0.05) is 19.9 Å². The minimum Gasteiger partial charge on any atom is -0.368 e. The quantitative estimate of drug-likeness (QED) is 0.739. The number of carbonyl (C=O) groups excluding carboxylic acids is 1. The van der Waals surface area contributed by atoms with Crippen LogP contribution >= 0.6 is 0 Å². The zero-order chi connectivity index (χ0) is 12.2. The molecule has 1 aromatic rings. The highest BCUT2D eigenvalue weighted by atomic mass is 16.5.